The van der Waals surface area contributed by atoms with Crippen LogP contribution in [0.15, 0.2) is 0 Å². The first-order valence-electron chi connectivity index (χ1n) is 8.57. The van der Waals surface area contributed by atoms with Crippen LogP contribution in [0.4, 0.5) is 0 Å². The Balaban J connectivity index is 3.94. The zero-order chi connectivity index (χ0) is 15.1. The lowest BCUT2D eigenvalue weighted by atomic mass is 10.1. The van der Waals surface area contributed by atoms with Gasteiger partial charge < -0.3 is 9.47 Å². The maximum atomic E-state index is 6.02. The van der Waals surface area contributed by atoms with Crippen LogP contribution in [-0.4, -0.2) is 24.6 Å². The summed E-state index contributed by atoms with van der Waals surface area (Å²) in [6.07, 6.45) is 14.6. The molecule has 0 radical (unpaired) electrons. The molecule has 0 amide bonds. The van der Waals surface area contributed by atoms with Crippen LogP contribution in [0.5, 0.6) is 0 Å². The van der Waals surface area contributed by atoms with E-state index in [1.807, 2.05) is 0 Å². The molecule has 0 aromatic rings. The summed E-state index contributed by atoms with van der Waals surface area (Å²) >= 11 is 1.72. The molecule has 0 aliphatic carbocycles. The predicted octanol–water partition coefficient (Wildman–Crippen LogP) is 6.00. The molecule has 0 N–H and O–H groups in total. The summed E-state index contributed by atoms with van der Waals surface area (Å²) in [6, 6.07) is 0. The number of ether oxygens (including phenoxy) is 2. The van der Waals surface area contributed by atoms with E-state index in [1.165, 1.54) is 44.9 Å². The van der Waals surface area contributed by atoms with Crippen molar-refractivity contribution in [3.05, 3.63) is 0 Å². The fourth-order valence-electron chi connectivity index (χ4n) is 2.22. The second kappa shape index (κ2) is 14.2. The van der Waals surface area contributed by atoms with Crippen molar-refractivity contribution in [1.29, 1.82) is 0 Å². The van der Waals surface area contributed by atoms with E-state index in [4.69, 9.17) is 9.47 Å². The second-order valence-electron chi connectivity index (χ2n) is 5.46. The van der Waals surface area contributed by atoms with Crippen molar-refractivity contribution in [3.8, 4) is 0 Å². The summed E-state index contributed by atoms with van der Waals surface area (Å²) in [4.78, 5) is 0. The first-order chi connectivity index (χ1) is 9.74. The molecule has 0 unspecified atom stereocenters. The Bertz CT molecular complexity index is 189. The summed E-state index contributed by atoms with van der Waals surface area (Å²) in [5, 5.41) is -0.393. The fourth-order valence-corrected chi connectivity index (χ4v) is 2.97. The molecule has 0 heterocycles. The number of rotatable bonds is 15. The van der Waals surface area contributed by atoms with Crippen molar-refractivity contribution in [2.45, 2.75) is 90.1 Å². The molecule has 20 heavy (non-hydrogen) atoms. The van der Waals surface area contributed by atoms with Crippen LogP contribution in [-0.2, 0) is 9.47 Å². The van der Waals surface area contributed by atoms with Gasteiger partial charge in [-0.3, -0.25) is 0 Å². The highest BCUT2D eigenvalue weighted by molar-refractivity contribution is 7.99. The van der Waals surface area contributed by atoms with Crippen LogP contribution in [0.1, 0.15) is 85.0 Å². The van der Waals surface area contributed by atoms with Gasteiger partial charge in [0.05, 0.1) is 13.2 Å². The summed E-state index contributed by atoms with van der Waals surface area (Å²) < 4.78 is 12.0. The molecule has 0 aliphatic rings. The largest absolute Gasteiger partial charge is 0.341 e. The third-order valence-electron chi connectivity index (χ3n) is 3.45. The average Bonchev–Trinajstić information content (AvgIpc) is 2.48. The van der Waals surface area contributed by atoms with Crippen molar-refractivity contribution in [1.82, 2.24) is 0 Å². The molecule has 0 saturated heterocycles. The quantitative estimate of drug-likeness (QED) is 0.273. The van der Waals surface area contributed by atoms with Crippen molar-refractivity contribution >= 4 is 11.8 Å². The Labute approximate surface area is 131 Å². The number of hydrogen-bond donors (Lipinski definition) is 0. The van der Waals surface area contributed by atoms with Gasteiger partial charge in [0.15, 0.2) is 0 Å². The van der Waals surface area contributed by atoms with Gasteiger partial charge in [0.25, 0.3) is 0 Å². The van der Waals surface area contributed by atoms with E-state index in [-0.39, 0.29) is 0 Å². The Hall–Kier alpha value is 0.270. The molecular formula is C17H36O2S. The lowest BCUT2D eigenvalue weighted by Crippen LogP contribution is -2.33. The van der Waals surface area contributed by atoms with Crippen LogP contribution < -0.4 is 0 Å². The Morgan fingerprint density at radius 1 is 0.700 bits per heavy atom. The Morgan fingerprint density at radius 2 is 1.20 bits per heavy atom. The molecule has 0 fully saturated rings. The summed E-state index contributed by atoms with van der Waals surface area (Å²) in [7, 11) is 0. The fraction of sp³-hybridized carbons (Fsp3) is 1.00. The number of unbranched alkanes of at least 4 members (excludes halogenated alkanes) is 6. The summed E-state index contributed by atoms with van der Waals surface area (Å²) in [5.41, 5.74) is 0. The molecule has 0 aromatic heterocycles. The topological polar surface area (TPSA) is 18.5 Å². The highest BCUT2D eigenvalue weighted by Crippen LogP contribution is 2.32. The van der Waals surface area contributed by atoms with Gasteiger partial charge in [-0.2, -0.15) is 0 Å². The Kier molecular flexibility index (Phi) is 14.4. The summed E-state index contributed by atoms with van der Waals surface area (Å²) in [5.74, 6) is 0. The minimum atomic E-state index is -0.393. The van der Waals surface area contributed by atoms with Crippen LogP contribution >= 0.6 is 11.8 Å². The van der Waals surface area contributed by atoms with Crippen molar-refractivity contribution in [2.75, 3.05) is 19.5 Å². The smallest absolute Gasteiger partial charge is 0.217 e. The first kappa shape index (κ1) is 20.3. The van der Waals surface area contributed by atoms with Crippen LogP contribution in [0.2, 0.25) is 0 Å². The monoisotopic (exact) mass is 304 g/mol. The maximum absolute atomic E-state index is 6.02. The van der Waals surface area contributed by atoms with Gasteiger partial charge in [0, 0.05) is 6.42 Å². The highest BCUT2D eigenvalue weighted by Gasteiger charge is 2.30. The van der Waals surface area contributed by atoms with Gasteiger partial charge in [-0.1, -0.05) is 59.3 Å². The number of thioether (sulfide) groups is 1. The Morgan fingerprint density at radius 3 is 1.65 bits per heavy atom. The minimum absolute atomic E-state index is 0.393. The van der Waals surface area contributed by atoms with Crippen LogP contribution in [0.3, 0.4) is 0 Å². The minimum Gasteiger partial charge on any atom is -0.341 e. The zero-order valence-electron chi connectivity index (χ0n) is 14.2. The van der Waals surface area contributed by atoms with Crippen molar-refractivity contribution in [2.24, 2.45) is 0 Å². The van der Waals surface area contributed by atoms with E-state index < -0.39 is 5.12 Å². The zero-order valence-corrected chi connectivity index (χ0v) is 15.0. The van der Waals surface area contributed by atoms with Gasteiger partial charge in [0.2, 0.25) is 5.12 Å². The summed E-state index contributed by atoms with van der Waals surface area (Å²) in [6.45, 7) is 8.16. The molecule has 0 aliphatic heterocycles. The van der Waals surface area contributed by atoms with Gasteiger partial charge in [-0.25, -0.2) is 0 Å². The standard InChI is InChI=1S/C17H36O2S/c1-5-8-9-10-11-12-13-14-17(20-4,18-15-6-2)19-16-7-3/h5-16H2,1-4H3. The van der Waals surface area contributed by atoms with E-state index in [1.54, 1.807) is 11.8 Å². The normalized spacial score (nSPS) is 12.0. The molecule has 0 aromatic carbocycles. The van der Waals surface area contributed by atoms with E-state index in [2.05, 4.69) is 27.0 Å². The third-order valence-corrected chi connectivity index (χ3v) is 4.51. The van der Waals surface area contributed by atoms with Gasteiger partial charge in [-0.15, -0.1) is 11.8 Å². The molecule has 0 atom stereocenters. The third kappa shape index (κ3) is 10.1. The molecule has 0 bridgehead atoms. The van der Waals surface area contributed by atoms with Gasteiger partial charge >= 0.3 is 0 Å². The number of hydrogen-bond acceptors (Lipinski definition) is 3. The molecule has 0 rings (SSSR count). The van der Waals surface area contributed by atoms with Crippen molar-refractivity contribution in [3.63, 3.8) is 0 Å². The maximum Gasteiger partial charge on any atom is 0.217 e. The SMILES string of the molecule is CCCCCCCCCC(OCCC)(OCCC)SC. The average molecular weight is 305 g/mol. The van der Waals surface area contributed by atoms with E-state index in [9.17, 15) is 0 Å². The lowest BCUT2D eigenvalue weighted by molar-refractivity contribution is -0.175. The second-order valence-corrected chi connectivity index (χ2v) is 6.49. The molecule has 0 saturated carbocycles. The predicted molar refractivity (Wildman–Crippen MR) is 91.3 cm³/mol. The first-order valence-corrected chi connectivity index (χ1v) is 9.80. The van der Waals surface area contributed by atoms with Crippen LogP contribution in [0.25, 0.3) is 0 Å². The van der Waals surface area contributed by atoms with E-state index >= 15 is 0 Å². The molecule has 0 spiro atoms. The molecule has 3 heteroatoms. The molecule has 122 valence electrons. The lowest BCUT2D eigenvalue weighted by Gasteiger charge is -2.32. The van der Waals surface area contributed by atoms with Crippen LogP contribution in [0, 0.1) is 0 Å². The molecular weight excluding hydrogens is 268 g/mol. The van der Waals surface area contributed by atoms with Gasteiger partial charge in [0.1, 0.15) is 0 Å². The van der Waals surface area contributed by atoms with E-state index in [0.717, 1.165) is 32.5 Å². The van der Waals surface area contributed by atoms with E-state index in [0.29, 0.717) is 0 Å². The highest BCUT2D eigenvalue weighted by atomic mass is 32.2. The van der Waals surface area contributed by atoms with Gasteiger partial charge in [-0.05, 0) is 25.5 Å². The molecule has 2 nitrogen and oxygen atoms in total. The van der Waals surface area contributed by atoms with Crippen molar-refractivity contribution < 1.29 is 9.47 Å².